The molecule has 22 heavy (non-hydrogen) atoms. The summed E-state index contributed by atoms with van der Waals surface area (Å²) in [6.45, 7) is 8.39. The molecule has 4 nitrogen and oxygen atoms in total. The maximum atomic E-state index is 13.0. The SMILES string of the molecule is CNC1CCCN(C(=O)C(C(C)C)N2CCCCC2)C1.Cl.Cl. The maximum Gasteiger partial charge on any atom is 0.240 e. The van der Waals surface area contributed by atoms with E-state index in [0.717, 1.165) is 32.6 Å². The van der Waals surface area contributed by atoms with Crippen molar-refractivity contribution in [3.8, 4) is 0 Å². The Balaban J connectivity index is 0.00000220. The first-order valence-electron chi connectivity index (χ1n) is 8.33. The number of nitrogens with zero attached hydrogens (tertiary/aromatic N) is 2. The standard InChI is InChI=1S/C16H31N3O.2ClH/c1-13(2)15(18-9-5-4-6-10-18)16(20)19-11-7-8-14(12-19)17-3;;/h13-15,17H,4-12H2,1-3H3;2*1H. The Bertz CT molecular complexity index is 323. The average Bonchev–Trinajstić information content (AvgIpc) is 2.48. The summed E-state index contributed by atoms with van der Waals surface area (Å²) in [7, 11) is 2.00. The summed E-state index contributed by atoms with van der Waals surface area (Å²) in [5.41, 5.74) is 0. The summed E-state index contributed by atoms with van der Waals surface area (Å²) in [4.78, 5) is 17.5. The molecule has 2 aliphatic heterocycles. The molecule has 2 heterocycles. The molecule has 0 aliphatic carbocycles. The van der Waals surface area contributed by atoms with Gasteiger partial charge in [0.15, 0.2) is 0 Å². The Morgan fingerprint density at radius 3 is 2.23 bits per heavy atom. The van der Waals surface area contributed by atoms with Crippen molar-refractivity contribution in [2.24, 2.45) is 5.92 Å². The van der Waals surface area contributed by atoms with E-state index in [2.05, 4.69) is 29.0 Å². The van der Waals surface area contributed by atoms with E-state index in [1.54, 1.807) is 0 Å². The van der Waals surface area contributed by atoms with E-state index in [9.17, 15) is 4.79 Å². The highest BCUT2D eigenvalue weighted by Crippen LogP contribution is 2.21. The number of amides is 1. The van der Waals surface area contributed by atoms with Gasteiger partial charge >= 0.3 is 0 Å². The van der Waals surface area contributed by atoms with Gasteiger partial charge in [0, 0.05) is 19.1 Å². The molecule has 0 saturated carbocycles. The largest absolute Gasteiger partial charge is 0.340 e. The van der Waals surface area contributed by atoms with Crippen LogP contribution in [0, 0.1) is 5.92 Å². The van der Waals surface area contributed by atoms with E-state index >= 15 is 0 Å². The molecule has 0 bridgehead atoms. The smallest absolute Gasteiger partial charge is 0.240 e. The van der Waals surface area contributed by atoms with Crippen molar-refractivity contribution in [2.75, 3.05) is 33.2 Å². The Hall–Kier alpha value is -0.0300. The van der Waals surface area contributed by atoms with E-state index in [4.69, 9.17) is 0 Å². The number of halogens is 2. The van der Waals surface area contributed by atoms with Crippen LogP contribution in [0.4, 0.5) is 0 Å². The number of likely N-dealkylation sites (N-methyl/N-ethyl adjacent to an activating group) is 1. The fourth-order valence-corrected chi connectivity index (χ4v) is 3.66. The van der Waals surface area contributed by atoms with Crippen LogP contribution < -0.4 is 5.32 Å². The molecule has 2 saturated heterocycles. The van der Waals surface area contributed by atoms with Crippen molar-refractivity contribution in [2.45, 2.75) is 58.0 Å². The van der Waals surface area contributed by atoms with Crippen LogP contribution in [0.1, 0.15) is 46.0 Å². The zero-order valence-corrected chi connectivity index (χ0v) is 15.8. The summed E-state index contributed by atoms with van der Waals surface area (Å²) in [5.74, 6) is 0.761. The molecule has 2 unspecified atom stereocenters. The summed E-state index contributed by atoms with van der Waals surface area (Å²) < 4.78 is 0. The highest BCUT2D eigenvalue weighted by atomic mass is 35.5. The minimum Gasteiger partial charge on any atom is -0.340 e. The Kier molecular flexibility index (Phi) is 10.7. The Morgan fingerprint density at radius 1 is 1.05 bits per heavy atom. The number of likely N-dealkylation sites (tertiary alicyclic amines) is 2. The van der Waals surface area contributed by atoms with Crippen LogP contribution in [0.2, 0.25) is 0 Å². The Labute approximate surface area is 148 Å². The zero-order chi connectivity index (χ0) is 14.5. The van der Waals surface area contributed by atoms with Gasteiger partial charge in [-0.15, -0.1) is 24.8 Å². The number of rotatable bonds is 4. The minimum atomic E-state index is 0. The van der Waals surface area contributed by atoms with Gasteiger partial charge in [-0.05, 0) is 51.7 Å². The zero-order valence-electron chi connectivity index (χ0n) is 14.2. The number of carbonyl (C=O) groups excluding carboxylic acids is 1. The third-order valence-corrected chi connectivity index (χ3v) is 4.81. The number of piperidine rings is 2. The van der Waals surface area contributed by atoms with Gasteiger partial charge in [0.25, 0.3) is 0 Å². The lowest BCUT2D eigenvalue weighted by molar-refractivity contribution is -0.140. The molecule has 0 spiro atoms. The van der Waals surface area contributed by atoms with Crippen LogP contribution in [0.15, 0.2) is 0 Å². The van der Waals surface area contributed by atoms with Gasteiger partial charge in [-0.2, -0.15) is 0 Å². The molecule has 6 heteroatoms. The third-order valence-electron chi connectivity index (χ3n) is 4.81. The quantitative estimate of drug-likeness (QED) is 0.843. The van der Waals surface area contributed by atoms with E-state index in [1.165, 1.54) is 25.7 Å². The van der Waals surface area contributed by atoms with E-state index in [-0.39, 0.29) is 30.9 Å². The number of carbonyl (C=O) groups is 1. The highest BCUT2D eigenvalue weighted by Gasteiger charge is 2.34. The second kappa shape index (κ2) is 10.7. The fraction of sp³-hybridized carbons (Fsp3) is 0.938. The summed E-state index contributed by atoms with van der Waals surface area (Å²) in [6.07, 6.45) is 6.13. The molecule has 2 atom stereocenters. The van der Waals surface area contributed by atoms with Crippen molar-refractivity contribution in [3.05, 3.63) is 0 Å². The van der Waals surface area contributed by atoms with E-state index < -0.39 is 0 Å². The molecule has 1 amide bonds. The van der Waals surface area contributed by atoms with E-state index in [0.29, 0.717) is 17.9 Å². The van der Waals surface area contributed by atoms with Crippen molar-refractivity contribution in [1.82, 2.24) is 15.1 Å². The second-order valence-corrected chi connectivity index (χ2v) is 6.70. The first kappa shape index (κ1) is 22.0. The predicted octanol–water partition coefficient (Wildman–Crippen LogP) is 2.55. The number of hydrogen-bond acceptors (Lipinski definition) is 3. The number of nitrogens with one attached hydrogen (secondary N) is 1. The second-order valence-electron chi connectivity index (χ2n) is 6.70. The molecule has 0 aromatic rings. The van der Waals surface area contributed by atoms with Gasteiger partial charge in [-0.25, -0.2) is 0 Å². The van der Waals surface area contributed by atoms with Gasteiger partial charge in [-0.1, -0.05) is 20.3 Å². The van der Waals surface area contributed by atoms with Gasteiger partial charge in [0.2, 0.25) is 5.91 Å². The topological polar surface area (TPSA) is 35.6 Å². The van der Waals surface area contributed by atoms with Crippen molar-refractivity contribution in [3.63, 3.8) is 0 Å². The first-order valence-corrected chi connectivity index (χ1v) is 8.33. The lowest BCUT2D eigenvalue weighted by Crippen LogP contribution is -2.56. The highest BCUT2D eigenvalue weighted by molar-refractivity contribution is 5.85. The predicted molar refractivity (Wildman–Crippen MR) is 97.2 cm³/mol. The molecule has 0 aromatic heterocycles. The molecule has 0 radical (unpaired) electrons. The molecule has 2 fully saturated rings. The van der Waals surface area contributed by atoms with Crippen LogP contribution in [-0.4, -0.2) is 61.0 Å². The summed E-state index contributed by atoms with van der Waals surface area (Å²) in [5, 5.41) is 3.33. The molecule has 2 rings (SSSR count). The molecular weight excluding hydrogens is 321 g/mol. The van der Waals surface area contributed by atoms with Gasteiger partial charge in [0.1, 0.15) is 0 Å². The lowest BCUT2D eigenvalue weighted by Gasteiger charge is -2.41. The molecular formula is C16H33Cl2N3O. The van der Waals surface area contributed by atoms with Crippen LogP contribution in [0.3, 0.4) is 0 Å². The summed E-state index contributed by atoms with van der Waals surface area (Å²) in [6, 6.07) is 0.563. The third kappa shape index (κ3) is 5.55. The first-order chi connectivity index (χ1) is 9.63. The lowest BCUT2D eigenvalue weighted by atomic mass is 9.96. The molecule has 1 N–H and O–H groups in total. The van der Waals surface area contributed by atoms with Gasteiger partial charge in [-0.3, -0.25) is 9.69 Å². The van der Waals surface area contributed by atoms with Crippen molar-refractivity contribution < 1.29 is 4.79 Å². The summed E-state index contributed by atoms with van der Waals surface area (Å²) >= 11 is 0. The molecule has 132 valence electrons. The normalized spacial score (nSPS) is 24.4. The number of hydrogen-bond donors (Lipinski definition) is 1. The van der Waals surface area contributed by atoms with Crippen LogP contribution in [0.25, 0.3) is 0 Å². The van der Waals surface area contributed by atoms with Crippen LogP contribution >= 0.6 is 24.8 Å². The van der Waals surface area contributed by atoms with E-state index in [1.807, 2.05) is 7.05 Å². The average molecular weight is 354 g/mol. The minimum absolute atomic E-state index is 0. The molecule has 2 aliphatic rings. The van der Waals surface area contributed by atoms with Crippen LogP contribution in [0.5, 0.6) is 0 Å². The van der Waals surface area contributed by atoms with Crippen LogP contribution in [-0.2, 0) is 4.79 Å². The van der Waals surface area contributed by atoms with Gasteiger partial charge < -0.3 is 10.2 Å². The monoisotopic (exact) mass is 353 g/mol. The van der Waals surface area contributed by atoms with Gasteiger partial charge in [0.05, 0.1) is 6.04 Å². The van der Waals surface area contributed by atoms with Crippen molar-refractivity contribution >= 4 is 30.7 Å². The Morgan fingerprint density at radius 2 is 1.68 bits per heavy atom. The molecule has 0 aromatic carbocycles. The van der Waals surface area contributed by atoms with Crippen molar-refractivity contribution in [1.29, 1.82) is 0 Å². The fourth-order valence-electron chi connectivity index (χ4n) is 3.66. The maximum absolute atomic E-state index is 13.0.